The van der Waals surface area contributed by atoms with E-state index in [-0.39, 0.29) is 6.04 Å². The van der Waals surface area contributed by atoms with Crippen molar-refractivity contribution in [2.24, 2.45) is 5.92 Å². The summed E-state index contributed by atoms with van der Waals surface area (Å²) in [5.74, 6) is -0.155. The van der Waals surface area contributed by atoms with Gasteiger partial charge in [0, 0.05) is 6.54 Å². The lowest BCUT2D eigenvalue weighted by atomic mass is 10.1. The number of likely N-dealkylation sites (N-methyl/N-ethyl adjacent to an activating group) is 1. The Labute approximate surface area is 60.6 Å². The van der Waals surface area contributed by atoms with Crippen LogP contribution in [-0.2, 0) is 4.79 Å². The molecule has 0 spiro atoms. The van der Waals surface area contributed by atoms with Crippen molar-refractivity contribution in [2.45, 2.75) is 19.4 Å². The molecule has 2 atom stereocenters. The van der Waals surface area contributed by atoms with Crippen LogP contribution in [0.3, 0.4) is 0 Å². The fourth-order valence-electron chi connectivity index (χ4n) is 1.54. The zero-order valence-corrected chi connectivity index (χ0v) is 6.37. The van der Waals surface area contributed by atoms with E-state index < -0.39 is 5.97 Å². The van der Waals surface area contributed by atoms with Crippen LogP contribution in [0.5, 0.6) is 0 Å². The van der Waals surface area contributed by atoms with E-state index >= 15 is 0 Å². The monoisotopic (exact) mass is 143 g/mol. The third-order valence-corrected chi connectivity index (χ3v) is 2.04. The van der Waals surface area contributed by atoms with E-state index in [0.29, 0.717) is 5.92 Å². The molecule has 1 heterocycles. The fourth-order valence-corrected chi connectivity index (χ4v) is 1.54. The summed E-state index contributed by atoms with van der Waals surface area (Å²) in [7, 11) is 1.86. The Morgan fingerprint density at radius 3 is 2.50 bits per heavy atom. The number of hydrogen-bond acceptors (Lipinski definition) is 2. The summed E-state index contributed by atoms with van der Waals surface area (Å²) in [6.45, 7) is 3.00. The first-order valence-corrected chi connectivity index (χ1v) is 3.54. The van der Waals surface area contributed by atoms with E-state index in [9.17, 15) is 4.79 Å². The molecule has 1 N–H and O–H groups in total. The number of aliphatic carboxylic acids is 1. The number of nitrogens with zero attached hydrogens (tertiary/aromatic N) is 1. The Hall–Kier alpha value is -0.570. The van der Waals surface area contributed by atoms with Crippen LogP contribution < -0.4 is 0 Å². The molecular weight excluding hydrogens is 130 g/mol. The highest BCUT2D eigenvalue weighted by molar-refractivity contribution is 5.73. The Morgan fingerprint density at radius 1 is 1.70 bits per heavy atom. The maximum absolute atomic E-state index is 10.5. The molecule has 1 saturated heterocycles. The molecule has 0 saturated carbocycles. The zero-order chi connectivity index (χ0) is 7.72. The normalized spacial score (nSPS) is 34.6. The second kappa shape index (κ2) is 2.58. The largest absolute Gasteiger partial charge is 0.480 e. The van der Waals surface area contributed by atoms with Gasteiger partial charge in [-0.1, -0.05) is 6.92 Å². The molecule has 1 aliphatic heterocycles. The Balaban J connectivity index is 2.54. The first-order chi connectivity index (χ1) is 4.61. The van der Waals surface area contributed by atoms with Crippen molar-refractivity contribution in [3.05, 3.63) is 0 Å². The number of carboxylic acids is 1. The number of carbonyl (C=O) groups is 1. The van der Waals surface area contributed by atoms with Crippen molar-refractivity contribution in [1.82, 2.24) is 4.90 Å². The zero-order valence-electron chi connectivity index (χ0n) is 6.37. The molecule has 0 aromatic heterocycles. The lowest BCUT2D eigenvalue weighted by molar-refractivity contribution is -0.141. The van der Waals surface area contributed by atoms with Crippen molar-refractivity contribution in [3.63, 3.8) is 0 Å². The highest BCUT2D eigenvalue weighted by Crippen LogP contribution is 2.20. The van der Waals surface area contributed by atoms with E-state index in [2.05, 4.69) is 6.92 Å². The van der Waals surface area contributed by atoms with Crippen LogP contribution >= 0.6 is 0 Å². The van der Waals surface area contributed by atoms with Crippen molar-refractivity contribution in [1.29, 1.82) is 0 Å². The summed E-state index contributed by atoms with van der Waals surface area (Å²) in [6.07, 6.45) is 0.797. The van der Waals surface area contributed by atoms with Crippen LogP contribution in [0.2, 0.25) is 0 Å². The molecule has 1 unspecified atom stereocenters. The molecule has 0 radical (unpaired) electrons. The number of carboxylic acid groups (broad SMARTS) is 1. The van der Waals surface area contributed by atoms with Crippen molar-refractivity contribution in [3.8, 4) is 0 Å². The van der Waals surface area contributed by atoms with Gasteiger partial charge in [0.15, 0.2) is 0 Å². The maximum Gasteiger partial charge on any atom is 0.320 e. The van der Waals surface area contributed by atoms with Gasteiger partial charge in [-0.05, 0) is 19.4 Å². The predicted octanol–water partition coefficient (Wildman–Crippen LogP) is 0.411. The van der Waals surface area contributed by atoms with E-state index in [1.165, 1.54) is 0 Å². The van der Waals surface area contributed by atoms with Crippen LogP contribution in [-0.4, -0.2) is 35.6 Å². The molecule has 10 heavy (non-hydrogen) atoms. The van der Waals surface area contributed by atoms with E-state index in [4.69, 9.17) is 5.11 Å². The second-order valence-electron chi connectivity index (χ2n) is 3.13. The first kappa shape index (κ1) is 7.54. The third-order valence-electron chi connectivity index (χ3n) is 2.04. The van der Waals surface area contributed by atoms with Crippen molar-refractivity contribution >= 4 is 5.97 Å². The van der Waals surface area contributed by atoms with Gasteiger partial charge in [-0.2, -0.15) is 0 Å². The van der Waals surface area contributed by atoms with Gasteiger partial charge in [0.25, 0.3) is 0 Å². The van der Waals surface area contributed by atoms with Crippen molar-refractivity contribution < 1.29 is 9.90 Å². The Kier molecular flexibility index (Phi) is 1.94. The standard InChI is InChI=1S/C7H13NO2/c1-5-3-6(7(9)10)8(2)4-5/h5-6H,3-4H2,1-2H3,(H,9,10)/t5-,6?/m1/s1. The fraction of sp³-hybridized carbons (Fsp3) is 0.857. The van der Waals surface area contributed by atoms with Gasteiger partial charge in [0.2, 0.25) is 0 Å². The smallest absolute Gasteiger partial charge is 0.320 e. The summed E-state index contributed by atoms with van der Waals surface area (Å²) in [6, 6.07) is -0.241. The highest BCUT2D eigenvalue weighted by atomic mass is 16.4. The number of rotatable bonds is 1. The summed E-state index contributed by atoms with van der Waals surface area (Å²) >= 11 is 0. The molecule has 1 fully saturated rings. The minimum absolute atomic E-state index is 0.241. The van der Waals surface area contributed by atoms with Gasteiger partial charge >= 0.3 is 5.97 Å². The summed E-state index contributed by atoms with van der Waals surface area (Å²) in [5.41, 5.74) is 0. The molecule has 1 aliphatic rings. The summed E-state index contributed by atoms with van der Waals surface area (Å²) in [5, 5.41) is 8.66. The van der Waals surface area contributed by atoms with Crippen LogP contribution in [0.25, 0.3) is 0 Å². The molecule has 0 bridgehead atoms. The van der Waals surface area contributed by atoms with Crippen LogP contribution in [0, 0.1) is 5.92 Å². The van der Waals surface area contributed by atoms with Crippen LogP contribution in [0.15, 0.2) is 0 Å². The highest BCUT2D eigenvalue weighted by Gasteiger charge is 2.31. The van der Waals surface area contributed by atoms with E-state index in [0.717, 1.165) is 13.0 Å². The number of likely N-dealkylation sites (tertiary alicyclic amines) is 1. The van der Waals surface area contributed by atoms with Crippen LogP contribution in [0.4, 0.5) is 0 Å². The van der Waals surface area contributed by atoms with Crippen molar-refractivity contribution in [2.75, 3.05) is 13.6 Å². The molecule has 0 aromatic rings. The molecule has 58 valence electrons. The first-order valence-electron chi connectivity index (χ1n) is 3.54. The third kappa shape index (κ3) is 1.29. The second-order valence-corrected chi connectivity index (χ2v) is 3.13. The topological polar surface area (TPSA) is 40.5 Å². The average molecular weight is 143 g/mol. The molecule has 0 aromatic carbocycles. The van der Waals surface area contributed by atoms with E-state index in [1.54, 1.807) is 0 Å². The minimum Gasteiger partial charge on any atom is -0.480 e. The predicted molar refractivity (Wildman–Crippen MR) is 37.8 cm³/mol. The van der Waals surface area contributed by atoms with Gasteiger partial charge in [-0.3, -0.25) is 9.69 Å². The van der Waals surface area contributed by atoms with Gasteiger partial charge in [-0.15, -0.1) is 0 Å². The molecule has 0 aliphatic carbocycles. The Morgan fingerprint density at radius 2 is 2.30 bits per heavy atom. The minimum atomic E-state index is -0.688. The SMILES string of the molecule is C[C@@H]1CC(C(=O)O)N(C)C1. The van der Waals surface area contributed by atoms with Gasteiger partial charge < -0.3 is 5.11 Å². The van der Waals surface area contributed by atoms with Gasteiger partial charge in [-0.25, -0.2) is 0 Å². The molecule has 1 rings (SSSR count). The number of hydrogen-bond donors (Lipinski definition) is 1. The van der Waals surface area contributed by atoms with Crippen LogP contribution in [0.1, 0.15) is 13.3 Å². The van der Waals surface area contributed by atoms with E-state index in [1.807, 2.05) is 11.9 Å². The maximum atomic E-state index is 10.5. The molecule has 3 nitrogen and oxygen atoms in total. The summed E-state index contributed by atoms with van der Waals surface area (Å²) < 4.78 is 0. The lowest BCUT2D eigenvalue weighted by Crippen LogP contribution is -2.32. The Bertz CT molecular complexity index is 147. The molecular formula is C7H13NO2. The molecule has 3 heteroatoms. The van der Waals surface area contributed by atoms with Gasteiger partial charge in [0.05, 0.1) is 0 Å². The average Bonchev–Trinajstić information content (AvgIpc) is 2.10. The summed E-state index contributed by atoms with van der Waals surface area (Å²) in [4.78, 5) is 12.4. The molecule has 0 amide bonds. The quantitative estimate of drug-likeness (QED) is 0.578. The van der Waals surface area contributed by atoms with Gasteiger partial charge in [0.1, 0.15) is 6.04 Å². The lowest BCUT2D eigenvalue weighted by Gasteiger charge is -2.13.